The SMILES string of the molecule is CCCCCCCCCCO[C@@H]1[C@H](OP(=O)(O)O)[C@@H](CO)O[C@H]1n1ccc(N)nc1=O. The molecule has 12 heteroatoms. The fraction of sp³-hybridized carbons (Fsp3) is 0.789. The average molecular weight is 463 g/mol. The Kier molecular flexibility index (Phi) is 10.6. The summed E-state index contributed by atoms with van der Waals surface area (Å²) in [4.78, 5) is 34.5. The van der Waals surface area contributed by atoms with E-state index >= 15 is 0 Å². The number of phosphoric acid groups is 1. The van der Waals surface area contributed by atoms with Crippen LogP contribution in [-0.2, 0) is 18.6 Å². The maximum atomic E-state index is 12.3. The number of nitrogens with zero attached hydrogens (tertiary/aromatic N) is 2. The lowest BCUT2D eigenvalue weighted by molar-refractivity contribution is -0.0747. The lowest BCUT2D eigenvalue weighted by Gasteiger charge is -2.25. The minimum Gasteiger partial charge on any atom is -0.394 e. The van der Waals surface area contributed by atoms with Gasteiger partial charge in [0.2, 0.25) is 0 Å². The molecule has 11 nitrogen and oxygen atoms in total. The molecule has 1 aliphatic rings. The van der Waals surface area contributed by atoms with Gasteiger partial charge in [-0.3, -0.25) is 9.09 Å². The van der Waals surface area contributed by atoms with Crippen molar-refractivity contribution in [1.29, 1.82) is 0 Å². The molecule has 4 atom stereocenters. The van der Waals surface area contributed by atoms with Crippen LogP contribution in [0.4, 0.5) is 5.82 Å². The van der Waals surface area contributed by atoms with E-state index in [9.17, 15) is 24.3 Å². The molecule has 1 aromatic heterocycles. The monoisotopic (exact) mass is 463 g/mol. The molecule has 1 aromatic rings. The molecule has 0 amide bonds. The second kappa shape index (κ2) is 12.6. The van der Waals surface area contributed by atoms with Crippen molar-refractivity contribution in [2.75, 3.05) is 18.9 Å². The van der Waals surface area contributed by atoms with Gasteiger partial charge in [0.25, 0.3) is 0 Å². The number of hydrogen-bond donors (Lipinski definition) is 4. The van der Waals surface area contributed by atoms with Crippen molar-refractivity contribution in [2.45, 2.75) is 82.8 Å². The van der Waals surface area contributed by atoms with Gasteiger partial charge in [0.1, 0.15) is 24.1 Å². The summed E-state index contributed by atoms with van der Waals surface area (Å²) in [5, 5.41) is 9.62. The fourth-order valence-corrected chi connectivity index (χ4v) is 4.19. The van der Waals surface area contributed by atoms with E-state index in [1.54, 1.807) is 0 Å². The number of nitrogen functional groups attached to an aromatic ring is 1. The molecule has 1 fully saturated rings. The molecule has 0 unspecified atom stereocenters. The molecule has 0 spiro atoms. The molecule has 1 aliphatic heterocycles. The van der Waals surface area contributed by atoms with Crippen molar-refractivity contribution in [1.82, 2.24) is 9.55 Å². The van der Waals surface area contributed by atoms with Crippen LogP contribution in [0.1, 0.15) is 64.5 Å². The normalized spacial score (nSPS) is 24.0. The molecule has 0 aliphatic carbocycles. The van der Waals surface area contributed by atoms with Crippen LogP contribution in [0.15, 0.2) is 17.1 Å². The summed E-state index contributed by atoms with van der Waals surface area (Å²) >= 11 is 0. The van der Waals surface area contributed by atoms with Crippen LogP contribution in [0.5, 0.6) is 0 Å². The molecule has 0 bridgehead atoms. The van der Waals surface area contributed by atoms with Gasteiger partial charge in [-0.2, -0.15) is 4.98 Å². The highest BCUT2D eigenvalue weighted by Gasteiger charge is 2.49. The molecule has 31 heavy (non-hydrogen) atoms. The Morgan fingerprint density at radius 3 is 2.39 bits per heavy atom. The quantitative estimate of drug-likeness (QED) is 0.236. The van der Waals surface area contributed by atoms with Crippen LogP contribution in [0.25, 0.3) is 0 Å². The van der Waals surface area contributed by atoms with Gasteiger partial charge in [-0.15, -0.1) is 0 Å². The van der Waals surface area contributed by atoms with E-state index < -0.39 is 44.7 Å². The number of aliphatic hydroxyl groups excluding tert-OH is 1. The number of ether oxygens (including phenoxy) is 2. The standard InChI is InChI=1S/C19H34N3O8P/c1-2-3-4-5-6-7-8-9-12-28-17-16(30-31(25,26)27)14(13-23)29-18(17)22-11-10-15(20)21-19(22)24/h10-11,14,16-18,23H,2-9,12-13H2,1H3,(H2,20,21,24)(H2,25,26,27)/t14-,16-,17-,18-/m1/s1. The van der Waals surface area contributed by atoms with Gasteiger partial charge in [-0.25, -0.2) is 9.36 Å². The first-order chi connectivity index (χ1) is 14.8. The van der Waals surface area contributed by atoms with Gasteiger partial charge in [0, 0.05) is 12.8 Å². The van der Waals surface area contributed by atoms with E-state index in [4.69, 9.17) is 19.7 Å². The molecular formula is C19H34N3O8P. The zero-order valence-electron chi connectivity index (χ0n) is 17.8. The third-order valence-electron chi connectivity index (χ3n) is 5.16. The third kappa shape index (κ3) is 8.27. The zero-order valence-corrected chi connectivity index (χ0v) is 18.7. The Bertz CT molecular complexity index is 771. The number of rotatable bonds is 14. The van der Waals surface area contributed by atoms with Gasteiger partial charge in [-0.1, -0.05) is 51.9 Å². The Morgan fingerprint density at radius 2 is 1.81 bits per heavy atom. The number of phosphoric ester groups is 1. The van der Waals surface area contributed by atoms with Crippen LogP contribution in [0.2, 0.25) is 0 Å². The summed E-state index contributed by atoms with van der Waals surface area (Å²) in [6.07, 6.45) is 5.69. The van der Waals surface area contributed by atoms with Gasteiger partial charge in [0.15, 0.2) is 6.23 Å². The highest BCUT2D eigenvalue weighted by Crippen LogP contribution is 2.44. The molecule has 0 saturated carbocycles. The zero-order chi connectivity index (χ0) is 22.9. The van der Waals surface area contributed by atoms with Crippen LogP contribution < -0.4 is 11.4 Å². The van der Waals surface area contributed by atoms with Gasteiger partial charge < -0.3 is 30.1 Å². The van der Waals surface area contributed by atoms with Crippen LogP contribution in [0.3, 0.4) is 0 Å². The number of anilines is 1. The van der Waals surface area contributed by atoms with Crippen molar-refractivity contribution in [2.24, 2.45) is 0 Å². The molecule has 0 radical (unpaired) electrons. The lowest BCUT2D eigenvalue weighted by atomic mass is 10.1. The maximum absolute atomic E-state index is 12.3. The minimum atomic E-state index is -4.90. The Balaban J connectivity index is 2.03. The summed E-state index contributed by atoms with van der Waals surface area (Å²) < 4.78 is 29.0. The number of unbranched alkanes of at least 4 members (excludes halogenated alkanes) is 7. The predicted molar refractivity (Wildman–Crippen MR) is 113 cm³/mol. The third-order valence-corrected chi connectivity index (χ3v) is 5.68. The molecule has 0 aromatic carbocycles. The van der Waals surface area contributed by atoms with Gasteiger partial charge in [-0.05, 0) is 12.5 Å². The molecule has 5 N–H and O–H groups in total. The first-order valence-electron chi connectivity index (χ1n) is 10.7. The summed E-state index contributed by atoms with van der Waals surface area (Å²) in [5.74, 6) is 0.0253. The van der Waals surface area contributed by atoms with Gasteiger partial charge >= 0.3 is 13.5 Å². The first kappa shape index (κ1) is 25.9. The van der Waals surface area contributed by atoms with Crippen molar-refractivity contribution in [3.05, 3.63) is 22.7 Å². The van der Waals surface area contributed by atoms with E-state index in [0.29, 0.717) is 0 Å². The Hall–Kier alpha value is -1.33. The Morgan fingerprint density at radius 1 is 1.16 bits per heavy atom. The van der Waals surface area contributed by atoms with Crippen LogP contribution in [-0.4, -0.2) is 56.0 Å². The highest BCUT2D eigenvalue weighted by atomic mass is 31.2. The number of aliphatic hydroxyl groups is 1. The number of nitrogens with two attached hydrogens (primary N) is 1. The van der Waals surface area contributed by atoms with Crippen molar-refractivity contribution in [3.8, 4) is 0 Å². The molecule has 2 heterocycles. The van der Waals surface area contributed by atoms with E-state index in [1.165, 1.54) is 37.9 Å². The minimum absolute atomic E-state index is 0.0253. The Labute approximate surface area is 181 Å². The van der Waals surface area contributed by atoms with E-state index in [2.05, 4.69) is 11.9 Å². The molecular weight excluding hydrogens is 429 g/mol. The summed E-state index contributed by atoms with van der Waals surface area (Å²) in [6, 6.07) is 1.39. The largest absolute Gasteiger partial charge is 0.470 e. The number of hydrogen-bond acceptors (Lipinski definition) is 8. The van der Waals surface area contributed by atoms with E-state index in [0.717, 1.165) is 30.3 Å². The van der Waals surface area contributed by atoms with Crippen molar-refractivity contribution >= 4 is 13.6 Å². The second-order valence-corrected chi connectivity index (χ2v) is 8.85. The van der Waals surface area contributed by atoms with Gasteiger partial charge in [0.05, 0.1) is 6.61 Å². The highest BCUT2D eigenvalue weighted by molar-refractivity contribution is 7.46. The van der Waals surface area contributed by atoms with E-state index in [-0.39, 0.29) is 12.4 Å². The molecule has 2 rings (SSSR count). The fourth-order valence-electron chi connectivity index (χ4n) is 3.62. The summed E-state index contributed by atoms with van der Waals surface area (Å²) in [6.45, 7) is 1.89. The smallest absolute Gasteiger partial charge is 0.394 e. The molecule has 1 saturated heterocycles. The second-order valence-electron chi connectivity index (χ2n) is 7.66. The topological polar surface area (TPSA) is 166 Å². The van der Waals surface area contributed by atoms with Crippen LogP contribution in [0, 0.1) is 0 Å². The van der Waals surface area contributed by atoms with Crippen LogP contribution >= 0.6 is 7.82 Å². The maximum Gasteiger partial charge on any atom is 0.470 e. The predicted octanol–water partition coefficient (Wildman–Crippen LogP) is 1.72. The molecule has 178 valence electrons. The first-order valence-corrected chi connectivity index (χ1v) is 12.3. The average Bonchev–Trinajstić information content (AvgIpc) is 3.02. The van der Waals surface area contributed by atoms with Crippen molar-refractivity contribution < 1.29 is 33.5 Å². The summed E-state index contributed by atoms with van der Waals surface area (Å²) in [5.41, 5.74) is 4.82. The number of aromatic nitrogens is 2. The summed E-state index contributed by atoms with van der Waals surface area (Å²) in [7, 11) is -4.90. The lowest BCUT2D eigenvalue weighted by Crippen LogP contribution is -2.39. The van der Waals surface area contributed by atoms with Crippen molar-refractivity contribution in [3.63, 3.8) is 0 Å². The van der Waals surface area contributed by atoms with E-state index in [1.807, 2.05) is 0 Å².